The van der Waals surface area contributed by atoms with E-state index in [9.17, 15) is 4.79 Å². The van der Waals surface area contributed by atoms with Crippen LogP contribution in [-0.4, -0.2) is 24.8 Å². The van der Waals surface area contributed by atoms with Crippen LogP contribution in [0.5, 0.6) is 5.75 Å². The fraction of sp³-hybridized carbons (Fsp3) is 0.222. The molecule has 0 saturated heterocycles. The average molecular weight is 324 g/mol. The van der Waals surface area contributed by atoms with Gasteiger partial charge in [-0.2, -0.15) is 17.9 Å². The number of nitriles is 1. The fourth-order valence-electron chi connectivity index (χ4n) is 2.62. The Balaban J connectivity index is 1.97. The Morgan fingerprint density at radius 3 is 2.65 bits per heavy atom. The second kappa shape index (κ2) is 6.76. The SMILES string of the molecule is N#Cc1ccc(-c2ccc3c(c2)N(C(=O)CCS)CCO3)cc1. The van der Waals surface area contributed by atoms with Crippen LogP contribution in [0.15, 0.2) is 42.5 Å². The summed E-state index contributed by atoms with van der Waals surface area (Å²) in [5, 5.41) is 8.89. The first-order chi connectivity index (χ1) is 11.2. The second-order valence-corrected chi connectivity index (χ2v) is 5.69. The summed E-state index contributed by atoms with van der Waals surface area (Å²) in [6.45, 7) is 1.05. The van der Waals surface area contributed by atoms with Gasteiger partial charge in [-0.25, -0.2) is 0 Å². The number of ether oxygens (including phenoxy) is 1. The van der Waals surface area contributed by atoms with Crippen molar-refractivity contribution in [2.45, 2.75) is 6.42 Å². The van der Waals surface area contributed by atoms with Gasteiger partial charge in [0.05, 0.1) is 23.9 Å². The maximum absolute atomic E-state index is 12.3. The molecule has 5 heteroatoms. The first kappa shape index (κ1) is 15.4. The third-order valence-corrected chi connectivity index (χ3v) is 4.02. The van der Waals surface area contributed by atoms with E-state index in [0.717, 1.165) is 22.6 Å². The summed E-state index contributed by atoms with van der Waals surface area (Å²) in [5.74, 6) is 1.31. The van der Waals surface area contributed by atoms with Crippen LogP contribution in [0.2, 0.25) is 0 Å². The molecule has 23 heavy (non-hydrogen) atoms. The predicted molar refractivity (Wildman–Crippen MR) is 92.9 cm³/mol. The lowest BCUT2D eigenvalue weighted by atomic mass is 10.0. The topological polar surface area (TPSA) is 53.3 Å². The van der Waals surface area contributed by atoms with Crippen LogP contribution in [-0.2, 0) is 4.79 Å². The molecular weight excluding hydrogens is 308 g/mol. The number of carbonyl (C=O) groups is 1. The molecule has 1 aliphatic heterocycles. The zero-order chi connectivity index (χ0) is 16.2. The van der Waals surface area contributed by atoms with Crippen LogP contribution in [0, 0.1) is 11.3 Å². The molecule has 0 atom stereocenters. The van der Waals surface area contributed by atoms with Crippen LogP contribution >= 0.6 is 12.6 Å². The molecule has 116 valence electrons. The highest BCUT2D eigenvalue weighted by molar-refractivity contribution is 7.80. The number of rotatable bonds is 3. The minimum Gasteiger partial charge on any atom is -0.490 e. The highest BCUT2D eigenvalue weighted by Crippen LogP contribution is 2.36. The molecule has 1 amide bonds. The minimum absolute atomic E-state index is 0.0570. The predicted octanol–water partition coefficient (Wildman–Crippen LogP) is 3.27. The van der Waals surface area contributed by atoms with Gasteiger partial charge in [0.1, 0.15) is 12.4 Å². The molecule has 0 unspecified atom stereocenters. The third kappa shape index (κ3) is 3.17. The Morgan fingerprint density at radius 1 is 1.22 bits per heavy atom. The van der Waals surface area contributed by atoms with E-state index in [2.05, 4.69) is 18.7 Å². The first-order valence-electron chi connectivity index (χ1n) is 7.41. The quantitative estimate of drug-likeness (QED) is 0.882. The largest absolute Gasteiger partial charge is 0.490 e. The van der Waals surface area contributed by atoms with Gasteiger partial charge >= 0.3 is 0 Å². The van der Waals surface area contributed by atoms with Crippen molar-refractivity contribution < 1.29 is 9.53 Å². The van der Waals surface area contributed by atoms with Gasteiger partial charge < -0.3 is 9.64 Å². The van der Waals surface area contributed by atoms with Crippen molar-refractivity contribution in [3.8, 4) is 22.9 Å². The Morgan fingerprint density at radius 2 is 1.96 bits per heavy atom. The van der Waals surface area contributed by atoms with Gasteiger partial charge in [0.2, 0.25) is 5.91 Å². The first-order valence-corrected chi connectivity index (χ1v) is 8.05. The molecule has 2 aromatic rings. The van der Waals surface area contributed by atoms with Crippen LogP contribution in [0.4, 0.5) is 5.69 Å². The highest BCUT2D eigenvalue weighted by Gasteiger charge is 2.23. The summed E-state index contributed by atoms with van der Waals surface area (Å²) in [6.07, 6.45) is 0.406. The van der Waals surface area contributed by atoms with Crippen LogP contribution in [0.3, 0.4) is 0 Å². The van der Waals surface area contributed by atoms with E-state index < -0.39 is 0 Å². The van der Waals surface area contributed by atoms with Gasteiger partial charge in [0.25, 0.3) is 0 Å². The van der Waals surface area contributed by atoms with Crippen molar-refractivity contribution in [3.05, 3.63) is 48.0 Å². The molecule has 1 heterocycles. The number of carbonyl (C=O) groups excluding carboxylic acids is 1. The molecule has 0 saturated carbocycles. The van der Waals surface area contributed by atoms with Crippen molar-refractivity contribution in [1.29, 1.82) is 5.26 Å². The van der Waals surface area contributed by atoms with Crippen molar-refractivity contribution in [1.82, 2.24) is 0 Å². The Kier molecular flexibility index (Phi) is 4.54. The Hall–Kier alpha value is -2.45. The van der Waals surface area contributed by atoms with Gasteiger partial charge in [-0.3, -0.25) is 4.79 Å². The number of benzene rings is 2. The third-order valence-electron chi connectivity index (χ3n) is 3.80. The maximum atomic E-state index is 12.3. The van der Waals surface area contributed by atoms with Gasteiger partial charge in [-0.15, -0.1) is 0 Å². The molecule has 0 aromatic heterocycles. The number of anilines is 1. The van der Waals surface area contributed by atoms with Gasteiger partial charge in [0, 0.05) is 6.42 Å². The highest BCUT2D eigenvalue weighted by atomic mass is 32.1. The zero-order valence-electron chi connectivity index (χ0n) is 12.5. The van der Waals surface area contributed by atoms with Crippen molar-refractivity contribution in [3.63, 3.8) is 0 Å². The summed E-state index contributed by atoms with van der Waals surface area (Å²) < 4.78 is 5.65. The molecule has 0 aliphatic carbocycles. The lowest BCUT2D eigenvalue weighted by Gasteiger charge is -2.30. The van der Waals surface area contributed by atoms with Crippen molar-refractivity contribution in [2.75, 3.05) is 23.8 Å². The minimum atomic E-state index is 0.0570. The number of nitrogens with zero attached hydrogens (tertiary/aromatic N) is 2. The monoisotopic (exact) mass is 324 g/mol. The summed E-state index contributed by atoms with van der Waals surface area (Å²) >= 11 is 4.14. The Bertz CT molecular complexity index is 766. The summed E-state index contributed by atoms with van der Waals surface area (Å²) in [7, 11) is 0. The molecular formula is C18H16N2O2S. The second-order valence-electron chi connectivity index (χ2n) is 5.24. The van der Waals surface area contributed by atoms with E-state index in [1.807, 2.05) is 30.3 Å². The summed E-state index contributed by atoms with van der Waals surface area (Å²) in [4.78, 5) is 14.0. The summed E-state index contributed by atoms with van der Waals surface area (Å²) in [5.41, 5.74) is 3.41. The number of hydrogen-bond donors (Lipinski definition) is 1. The Labute approximate surface area is 140 Å². The number of hydrogen-bond acceptors (Lipinski definition) is 4. The van der Waals surface area contributed by atoms with Gasteiger partial charge in [-0.05, 0) is 41.1 Å². The van der Waals surface area contributed by atoms with E-state index in [1.54, 1.807) is 17.0 Å². The molecule has 0 bridgehead atoms. The number of fused-ring (bicyclic) bond motifs is 1. The van der Waals surface area contributed by atoms with Crippen molar-refractivity contribution in [2.24, 2.45) is 0 Å². The smallest absolute Gasteiger partial charge is 0.228 e. The normalized spacial score (nSPS) is 13.0. The number of amides is 1. The van der Waals surface area contributed by atoms with Crippen LogP contribution in [0.1, 0.15) is 12.0 Å². The van der Waals surface area contributed by atoms with E-state index in [1.165, 1.54) is 0 Å². The van der Waals surface area contributed by atoms with E-state index in [-0.39, 0.29) is 5.91 Å². The molecule has 0 radical (unpaired) electrons. The lowest BCUT2D eigenvalue weighted by molar-refractivity contribution is -0.118. The van der Waals surface area contributed by atoms with Crippen molar-refractivity contribution >= 4 is 24.2 Å². The lowest BCUT2D eigenvalue weighted by Crippen LogP contribution is -2.38. The molecule has 0 N–H and O–H groups in total. The molecule has 0 spiro atoms. The van der Waals surface area contributed by atoms with Gasteiger partial charge in [-0.1, -0.05) is 18.2 Å². The van der Waals surface area contributed by atoms with E-state index in [0.29, 0.717) is 30.9 Å². The standard InChI is InChI=1S/C18H16N2O2S/c19-12-13-1-3-14(4-2-13)15-5-6-17-16(11-15)20(8-9-22-17)18(21)7-10-23/h1-6,11,23H,7-10H2. The molecule has 2 aromatic carbocycles. The van der Waals surface area contributed by atoms with Crippen LogP contribution < -0.4 is 9.64 Å². The zero-order valence-corrected chi connectivity index (χ0v) is 13.4. The van der Waals surface area contributed by atoms with E-state index >= 15 is 0 Å². The average Bonchev–Trinajstić information content (AvgIpc) is 2.61. The molecule has 0 fully saturated rings. The fourth-order valence-corrected chi connectivity index (χ4v) is 2.82. The molecule has 1 aliphatic rings. The summed E-state index contributed by atoms with van der Waals surface area (Å²) in [6, 6.07) is 15.3. The molecule has 3 rings (SSSR count). The maximum Gasteiger partial charge on any atom is 0.228 e. The van der Waals surface area contributed by atoms with Crippen LogP contribution in [0.25, 0.3) is 11.1 Å². The van der Waals surface area contributed by atoms with E-state index in [4.69, 9.17) is 10.00 Å². The van der Waals surface area contributed by atoms with Gasteiger partial charge in [0.15, 0.2) is 0 Å². The number of thiol groups is 1. The molecule has 4 nitrogen and oxygen atoms in total.